The van der Waals surface area contributed by atoms with E-state index in [2.05, 4.69) is 0 Å². The van der Waals surface area contributed by atoms with Crippen LogP contribution >= 0.6 is 11.8 Å². The summed E-state index contributed by atoms with van der Waals surface area (Å²) in [6, 6.07) is 5.93. The number of hydrogen-bond acceptors (Lipinski definition) is 4. The Kier molecular flexibility index (Phi) is 3.92. The third-order valence-corrected chi connectivity index (χ3v) is 5.75. The molecule has 0 aliphatic carbocycles. The van der Waals surface area contributed by atoms with Crippen molar-refractivity contribution in [2.45, 2.75) is 30.6 Å². The molecule has 0 saturated heterocycles. The van der Waals surface area contributed by atoms with Gasteiger partial charge in [0.1, 0.15) is 0 Å². The van der Waals surface area contributed by atoms with Crippen molar-refractivity contribution in [2.75, 3.05) is 12.5 Å². The van der Waals surface area contributed by atoms with Gasteiger partial charge in [-0.1, -0.05) is 6.07 Å². The molecule has 1 aromatic rings. The molecule has 1 aromatic carbocycles. The zero-order valence-corrected chi connectivity index (χ0v) is 12.7. The molecule has 1 aliphatic heterocycles. The van der Waals surface area contributed by atoms with Gasteiger partial charge in [0.15, 0.2) is 11.5 Å². The van der Waals surface area contributed by atoms with Crippen LogP contribution in [0.5, 0.6) is 11.5 Å². The van der Waals surface area contributed by atoms with Crippen molar-refractivity contribution in [3.63, 3.8) is 0 Å². The van der Waals surface area contributed by atoms with Gasteiger partial charge in [0, 0.05) is 30.9 Å². The van der Waals surface area contributed by atoms with Crippen LogP contribution < -0.4 is 9.47 Å². The quantitative estimate of drug-likeness (QED) is 0.852. The normalized spacial score (nSPS) is 19.6. The Morgan fingerprint density at radius 1 is 1.33 bits per heavy atom. The summed E-state index contributed by atoms with van der Waals surface area (Å²) in [5.41, 5.74) is 1.13. The Bertz CT molecular complexity index is 471. The Labute approximate surface area is 115 Å². The van der Waals surface area contributed by atoms with Crippen LogP contribution in [0.1, 0.15) is 19.4 Å². The van der Waals surface area contributed by atoms with Gasteiger partial charge in [-0.25, -0.2) is 0 Å². The van der Waals surface area contributed by atoms with Crippen molar-refractivity contribution in [3.8, 4) is 11.5 Å². The first-order chi connectivity index (χ1) is 8.41. The van der Waals surface area contributed by atoms with Gasteiger partial charge < -0.3 is 9.47 Å². The zero-order chi connectivity index (χ0) is 13.3. The van der Waals surface area contributed by atoms with Gasteiger partial charge in [-0.15, -0.1) is 11.8 Å². The van der Waals surface area contributed by atoms with E-state index in [1.807, 2.05) is 38.3 Å². The molecule has 1 aliphatic rings. The summed E-state index contributed by atoms with van der Waals surface area (Å²) in [5.74, 6) is 0.967. The predicted octanol–water partition coefficient (Wildman–Crippen LogP) is 2.80. The van der Waals surface area contributed by atoms with E-state index in [4.69, 9.17) is 9.47 Å². The average molecular weight is 286 g/mol. The molecule has 5 heteroatoms. The molecule has 1 heterocycles. The molecule has 0 fully saturated rings. The van der Waals surface area contributed by atoms with Crippen molar-refractivity contribution in [3.05, 3.63) is 23.8 Å². The highest BCUT2D eigenvalue weighted by Crippen LogP contribution is 2.39. The Balaban J connectivity index is 2.16. The van der Waals surface area contributed by atoms with E-state index in [9.17, 15) is 4.21 Å². The minimum Gasteiger partial charge on any atom is -0.449 e. The van der Waals surface area contributed by atoms with Crippen LogP contribution in [0, 0.1) is 0 Å². The lowest BCUT2D eigenvalue weighted by atomic mass is 10.1. The van der Waals surface area contributed by atoms with E-state index in [1.165, 1.54) is 0 Å². The predicted molar refractivity (Wildman–Crippen MR) is 76.9 cm³/mol. The van der Waals surface area contributed by atoms with Crippen molar-refractivity contribution >= 4 is 22.6 Å². The van der Waals surface area contributed by atoms with Crippen molar-refractivity contribution in [2.24, 2.45) is 0 Å². The fourth-order valence-corrected chi connectivity index (χ4v) is 3.79. The highest BCUT2D eigenvalue weighted by Gasteiger charge is 2.31. The van der Waals surface area contributed by atoms with E-state index < -0.39 is 16.6 Å². The molecule has 100 valence electrons. The molecule has 3 nitrogen and oxygen atoms in total. The van der Waals surface area contributed by atoms with E-state index >= 15 is 0 Å². The maximum absolute atomic E-state index is 11.6. The Morgan fingerprint density at radius 3 is 2.61 bits per heavy atom. The first-order valence-electron chi connectivity index (χ1n) is 5.77. The highest BCUT2D eigenvalue weighted by atomic mass is 32.2. The van der Waals surface area contributed by atoms with Gasteiger partial charge in [-0.05, 0) is 30.4 Å². The van der Waals surface area contributed by atoms with Crippen molar-refractivity contribution in [1.29, 1.82) is 0 Å². The first kappa shape index (κ1) is 13.7. The summed E-state index contributed by atoms with van der Waals surface area (Å²) in [5, 5.41) is 0. The molecule has 0 aromatic heterocycles. The summed E-state index contributed by atoms with van der Waals surface area (Å²) in [6.07, 6.45) is 4.51. The number of rotatable bonds is 4. The van der Waals surface area contributed by atoms with E-state index in [1.54, 1.807) is 18.0 Å². The lowest BCUT2D eigenvalue weighted by Gasteiger charge is -2.16. The van der Waals surface area contributed by atoms with Crippen LogP contribution in [-0.2, 0) is 17.2 Å². The summed E-state index contributed by atoms with van der Waals surface area (Å²) < 4.78 is 23.0. The fourth-order valence-electron chi connectivity index (χ4n) is 1.92. The topological polar surface area (TPSA) is 35.5 Å². The molecule has 0 spiro atoms. The van der Waals surface area contributed by atoms with Gasteiger partial charge in [-0.3, -0.25) is 4.21 Å². The van der Waals surface area contributed by atoms with Crippen molar-refractivity contribution in [1.82, 2.24) is 0 Å². The van der Waals surface area contributed by atoms with Crippen LogP contribution in [0.25, 0.3) is 0 Å². The molecular weight excluding hydrogens is 268 g/mol. The van der Waals surface area contributed by atoms with E-state index in [0.717, 1.165) is 23.5 Å². The molecule has 2 rings (SSSR count). The number of fused-ring (bicyclic) bond motifs is 1. The minimum atomic E-state index is -0.827. The molecule has 0 N–H and O–H groups in total. The summed E-state index contributed by atoms with van der Waals surface area (Å²) in [6.45, 7) is 3.77. The SMILES string of the molecule is CSC(Cc1ccc2c(c1)OC(C)(C)O2)S(C)=O. The number of ether oxygens (including phenoxy) is 2. The lowest BCUT2D eigenvalue weighted by Crippen LogP contribution is -2.29. The summed E-state index contributed by atoms with van der Waals surface area (Å²) in [4.78, 5) is 0. The molecule has 0 saturated carbocycles. The smallest absolute Gasteiger partial charge is 0.246 e. The number of hydrogen-bond donors (Lipinski definition) is 0. The average Bonchev–Trinajstić information content (AvgIpc) is 2.58. The first-order valence-corrected chi connectivity index (χ1v) is 8.68. The third-order valence-electron chi connectivity index (χ3n) is 2.76. The van der Waals surface area contributed by atoms with E-state index in [0.29, 0.717) is 0 Å². The molecule has 0 radical (unpaired) electrons. The fraction of sp³-hybridized carbons (Fsp3) is 0.538. The largest absolute Gasteiger partial charge is 0.449 e. The van der Waals surface area contributed by atoms with Crippen LogP contribution in [-0.4, -0.2) is 27.1 Å². The lowest BCUT2D eigenvalue weighted by molar-refractivity contribution is -0.0431. The van der Waals surface area contributed by atoms with Gasteiger partial charge >= 0.3 is 0 Å². The van der Waals surface area contributed by atoms with Crippen molar-refractivity contribution < 1.29 is 13.7 Å². The standard InChI is InChI=1S/C13H18O3S2/c1-13(2)15-10-6-5-9(7-11(10)16-13)8-12(17-3)18(4)14/h5-7,12H,8H2,1-4H3. The molecule has 18 heavy (non-hydrogen) atoms. The Hall–Kier alpha value is -0.680. The second-order valence-corrected chi connectivity index (χ2v) is 7.66. The van der Waals surface area contributed by atoms with E-state index in [-0.39, 0.29) is 4.58 Å². The molecular formula is C13H18O3S2. The number of benzene rings is 1. The summed E-state index contributed by atoms with van der Waals surface area (Å²) >= 11 is 1.63. The maximum Gasteiger partial charge on any atom is 0.246 e. The molecule has 0 amide bonds. The molecule has 0 bridgehead atoms. The highest BCUT2D eigenvalue weighted by molar-refractivity contribution is 8.10. The molecule has 2 atom stereocenters. The molecule has 2 unspecified atom stereocenters. The second kappa shape index (κ2) is 5.13. The van der Waals surface area contributed by atoms with Gasteiger partial charge in [0.2, 0.25) is 5.79 Å². The maximum atomic E-state index is 11.6. The monoisotopic (exact) mass is 286 g/mol. The van der Waals surface area contributed by atoms with Crippen LogP contribution in [0.15, 0.2) is 18.2 Å². The third kappa shape index (κ3) is 3.01. The van der Waals surface area contributed by atoms with Crippen LogP contribution in [0.2, 0.25) is 0 Å². The van der Waals surface area contributed by atoms with Gasteiger partial charge in [0.25, 0.3) is 0 Å². The zero-order valence-electron chi connectivity index (χ0n) is 11.1. The van der Waals surface area contributed by atoms with Crippen LogP contribution in [0.4, 0.5) is 0 Å². The second-order valence-electron chi connectivity index (χ2n) is 4.75. The minimum absolute atomic E-state index is 0.124. The van der Waals surface area contributed by atoms with Gasteiger partial charge in [-0.2, -0.15) is 0 Å². The summed E-state index contributed by atoms with van der Waals surface area (Å²) in [7, 11) is -0.827. The Morgan fingerprint density at radius 2 is 2.00 bits per heavy atom. The number of thioether (sulfide) groups is 1. The van der Waals surface area contributed by atoms with Gasteiger partial charge in [0.05, 0.1) is 4.58 Å². The van der Waals surface area contributed by atoms with Crippen LogP contribution in [0.3, 0.4) is 0 Å².